The van der Waals surface area contributed by atoms with E-state index in [9.17, 15) is 0 Å². The normalized spacial score (nSPS) is 41.2. The van der Waals surface area contributed by atoms with Crippen molar-refractivity contribution >= 4 is 0 Å². The zero-order valence-corrected chi connectivity index (χ0v) is 8.40. The zero-order valence-electron chi connectivity index (χ0n) is 8.40. The first-order chi connectivity index (χ1) is 5.56. The van der Waals surface area contributed by atoms with Gasteiger partial charge in [0, 0.05) is 5.54 Å². The van der Waals surface area contributed by atoms with Crippen molar-refractivity contribution in [2.45, 2.75) is 57.9 Å². The predicted octanol–water partition coefficient (Wildman–Crippen LogP) is 2.69. The number of nitrogens with two attached hydrogens (primary N) is 1. The third-order valence-electron chi connectivity index (χ3n) is 4.20. The van der Waals surface area contributed by atoms with Crippen molar-refractivity contribution in [3.63, 3.8) is 0 Å². The molecule has 0 amide bonds. The Kier molecular flexibility index (Phi) is 1.76. The van der Waals surface area contributed by atoms with Gasteiger partial charge in [-0.3, -0.25) is 0 Å². The molecule has 2 aliphatic rings. The highest BCUT2D eigenvalue weighted by atomic mass is 14.9. The summed E-state index contributed by atoms with van der Waals surface area (Å²) >= 11 is 0. The third kappa shape index (κ3) is 1.10. The Morgan fingerprint density at radius 2 is 1.58 bits per heavy atom. The second-order valence-electron chi connectivity index (χ2n) is 5.44. The van der Waals surface area contributed by atoms with Gasteiger partial charge in [-0.15, -0.1) is 0 Å². The van der Waals surface area contributed by atoms with E-state index in [4.69, 9.17) is 5.73 Å². The van der Waals surface area contributed by atoms with E-state index in [1.54, 1.807) is 0 Å². The molecule has 0 aromatic heterocycles. The summed E-state index contributed by atoms with van der Waals surface area (Å²) in [4.78, 5) is 0. The molecular weight excluding hydrogens is 146 g/mol. The molecule has 1 unspecified atom stereocenters. The highest BCUT2D eigenvalue weighted by Gasteiger charge is 2.61. The minimum atomic E-state index is 0.216. The molecule has 12 heavy (non-hydrogen) atoms. The molecule has 0 radical (unpaired) electrons. The molecule has 1 heteroatoms. The maximum absolute atomic E-state index is 6.40. The van der Waals surface area contributed by atoms with Crippen LogP contribution in [0.1, 0.15) is 52.4 Å². The SMILES string of the molecule is CC1(C)CC1(N)C1CCCCC1. The quantitative estimate of drug-likeness (QED) is 0.638. The van der Waals surface area contributed by atoms with Crippen LogP contribution in [-0.4, -0.2) is 5.54 Å². The zero-order chi connectivity index (χ0) is 8.82. The summed E-state index contributed by atoms with van der Waals surface area (Å²) in [5.74, 6) is 0.834. The average molecular weight is 167 g/mol. The molecule has 2 N–H and O–H groups in total. The molecule has 0 saturated heterocycles. The fraction of sp³-hybridized carbons (Fsp3) is 1.00. The number of rotatable bonds is 1. The van der Waals surface area contributed by atoms with Gasteiger partial charge in [0.05, 0.1) is 0 Å². The van der Waals surface area contributed by atoms with Crippen LogP contribution in [0.15, 0.2) is 0 Å². The first kappa shape index (κ1) is 8.55. The van der Waals surface area contributed by atoms with Gasteiger partial charge in [-0.25, -0.2) is 0 Å². The summed E-state index contributed by atoms with van der Waals surface area (Å²) in [6.45, 7) is 4.64. The molecule has 2 aliphatic carbocycles. The average Bonchev–Trinajstić information content (AvgIpc) is 2.55. The highest BCUT2D eigenvalue weighted by molar-refractivity contribution is 5.18. The molecule has 0 aromatic rings. The van der Waals surface area contributed by atoms with Crippen LogP contribution in [0, 0.1) is 11.3 Å². The molecule has 0 aliphatic heterocycles. The largest absolute Gasteiger partial charge is 0.324 e. The lowest BCUT2D eigenvalue weighted by Crippen LogP contribution is -2.38. The Bertz CT molecular complexity index is 179. The van der Waals surface area contributed by atoms with Gasteiger partial charge in [0.25, 0.3) is 0 Å². The van der Waals surface area contributed by atoms with Gasteiger partial charge in [-0.2, -0.15) is 0 Å². The van der Waals surface area contributed by atoms with Crippen LogP contribution in [0.2, 0.25) is 0 Å². The lowest BCUT2D eigenvalue weighted by Gasteiger charge is -2.30. The first-order valence-corrected chi connectivity index (χ1v) is 5.35. The van der Waals surface area contributed by atoms with Crippen molar-refractivity contribution in [1.82, 2.24) is 0 Å². The maximum atomic E-state index is 6.40. The third-order valence-corrected chi connectivity index (χ3v) is 4.20. The molecule has 2 saturated carbocycles. The Hall–Kier alpha value is -0.0400. The second-order valence-corrected chi connectivity index (χ2v) is 5.44. The van der Waals surface area contributed by atoms with E-state index >= 15 is 0 Å². The van der Waals surface area contributed by atoms with Crippen LogP contribution < -0.4 is 5.73 Å². The number of hydrogen-bond donors (Lipinski definition) is 1. The van der Waals surface area contributed by atoms with Gasteiger partial charge in [-0.1, -0.05) is 33.1 Å². The maximum Gasteiger partial charge on any atom is 0.0241 e. The summed E-state index contributed by atoms with van der Waals surface area (Å²) in [6.07, 6.45) is 8.30. The van der Waals surface area contributed by atoms with Gasteiger partial charge in [0.1, 0.15) is 0 Å². The summed E-state index contributed by atoms with van der Waals surface area (Å²) in [5, 5.41) is 0. The van der Waals surface area contributed by atoms with Gasteiger partial charge < -0.3 is 5.73 Å². The van der Waals surface area contributed by atoms with E-state index in [2.05, 4.69) is 13.8 Å². The van der Waals surface area contributed by atoms with Crippen LogP contribution in [0.25, 0.3) is 0 Å². The topological polar surface area (TPSA) is 26.0 Å². The Balaban J connectivity index is 2.00. The van der Waals surface area contributed by atoms with Crippen molar-refractivity contribution < 1.29 is 0 Å². The minimum Gasteiger partial charge on any atom is -0.324 e. The van der Waals surface area contributed by atoms with E-state index < -0.39 is 0 Å². The molecule has 2 fully saturated rings. The van der Waals surface area contributed by atoms with E-state index in [0.29, 0.717) is 5.41 Å². The van der Waals surface area contributed by atoms with Crippen molar-refractivity contribution in [1.29, 1.82) is 0 Å². The van der Waals surface area contributed by atoms with Crippen LogP contribution in [0.4, 0.5) is 0 Å². The van der Waals surface area contributed by atoms with Crippen LogP contribution in [-0.2, 0) is 0 Å². The van der Waals surface area contributed by atoms with E-state index in [1.165, 1.54) is 38.5 Å². The summed E-state index contributed by atoms with van der Waals surface area (Å²) < 4.78 is 0. The standard InChI is InChI=1S/C11H21N/c1-10(2)8-11(10,12)9-6-4-3-5-7-9/h9H,3-8,12H2,1-2H3. The van der Waals surface area contributed by atoms with Crippen LogP contribution >= 0.6 is 0 Å². The Morgan fingerprint density at radius 3 is 2.00 bits per heavy atom. The molecule has 0 aromatic carbocycles. The molecule has 70 valence electrons. The van der Waals surface area contributed by atoms with Crippen molar-refractivity contribution in [2.24, 2.45) is 17.1 Å². The smallest absolute Gasteiger partial charge is 0.0241 e. The lowest BCUT2D eigenvalue weighted by atomic mass is 9.79. The minimum absolute atomic E-state index is 0.216. The molecule has 0 bridgehead atoms. The van der Waals surface area contributed by atoms with Crippen molar-refractivity contribution in [3.8, 4) is 0 Å². The summed E-state index contributed by atoms with van der Waals surface area (Å²) in [6, 6.07) is 0. The Labute approximate surface area is 75.7 Å². The van der Waals surface area contributed by atoms with Gasteiger partial charge in [-0.05, 0) is 30.6 Å². The molecular formula is C11H21N. The van der Waals surface area contributed by atoms with Gasteiger partial charge in [0.2, 0.25) is 0 Å². The molecule has 0 heterocycles. The summed E-state index contributed by atoms with van der Waals surface area (Å²) in [5.41, 5.74) is 7.05. The second kappa shape index (κ2) is 2.47. The predicted molar refractivity (Wildman–Crippen MR) is 51.9 cm³/mol. The first-order valence-electron chi connectivity index (χ1n) is 5.35. The van der Waals surface area contributed by atoms with Crippen molar-refractivity contribution in [2.75, 3.05) is 0 Å². The van der Waals surface area contributed by atoms with Crippen LogP contribution in [0.5, 0.6) is 0 Å². The summed E-state index contributed by atoms with van der Waals surface area (Å²) in [7, 11) is 0. The van der Waals surface area contributed by atoms with Gasteiger partial charge >= 0.3 is 0 Å². The Morgan fingerprint density at radius 1 is 1.08 bits per heavy atom. The van der Waals surface area contributed by atoms with Gasteiger partial charge in [0.15, 0.2) is 0 Å². The fourth-order valence-electron chi connectivity index (χ4n) is 3.00. The van der Waals surface area contributed by atoms with Crippen molar-refractivity contribution in [3.05, 3.63) is 0 Å². The molecule has 1 nitrogen and oxygen atoms in total. The lowest BCUT2D eigenvalue weighted by molar-refractivity contribution is 0.256. The monoisotopic (exact) mass is 167 g/mol. The number of hydrogen-bond acceptors (Lipinski definition) is 1. The van der Waals surface area contributed by atoms with E-state index in [-0.39, 0.29) is 5.54 Å². The van der Waals surface area contributed by atoms with E-state index in [0.717, 1.165) is 5.92 Å². The fourth-order valence-corrected chi connectivity index (χ4v) is 3.00. The highest BCUT2D eigenvalue weighted by Crippen LogP contribution is 2.60. The molecule has 0 spiro atoms. The molecule has 1 atom stereocenters. The van der Waals surface area contributed by atoms with E-state index in [1.807, 2.05) is 0 Å². The van der Waals surface area contributed by atoms with Crippen LogP contribution in [0.3, 0.4) is 0 Å². The molecule has 2 rings (SSSR count).